The highest BCUT2D eigenvalue weighted by molar-refractivity contribution is 5.95. The van der Waals surface area contributed by atoms with Gasteiger partial charge in [0.05, 0.1) is 13.2 Å². The standard InChI is InChI=1S/C13H16N2O4/c1-18-8-6-14-12(16)10-2-4-11(5-3-10)15-7-9-19-13(15)17/h2-5H,6-9H2,1H3,(H,14,16). The number of carbonyl (C=O) groups excluding carboxylic acids is 2. The van der Waals surface area contributed by atoms with Crippen molar-refractivity contribution in [2.24, 2.45) is 0 Å². The van der Waals surface area contributed by atoms with E-state index >= 15 is 0 Å². The van der Waals surface area contributed by atoms with E-state index in [0.717, 1.165) is 5.69 Å². The molecule has 6 heteroatoms. The van der Waals surface area contributed by atoms with Gasteiger partial charge in [-0.05, 0) is 24.3 Å². The number of amides is 2. The normalized spacial score (nSPS) is 14.4. The van der Waals surface area contributed by atoms with E-state index in [-0.39, 0.29) is 12.0 Å². The van der Waals surface area contributed by atoms with Gasteiger partial charge >= 0.3 is 6.09 Å². The second-order valence-electron chi connectivity index (χ2n) is 4.06. The molecule has 1 heterocycles. The Balaban J connectivity index is 1.98. The first-order valence-electron chi connectivity index (χ1n) is 6.04. The Kier molecular flexibility index (Phi) is 4.35. The van der Waals surface area contributed by atoms with E-state index in [1.54, 1.807) is 31.4 Å². The Morgan fingerprint density at radius 1 is 1.42 bits per heavy atom. The summed E-state index contributed by atoms with van der Waals surface area (Å²) in [5.41, 5.74) is 1.28. The second-order valence-corrected chi connectivity index (χ2v) is 4.06. The third kappa shape index (κ3) is 3.23. The van der Waals surface area contributed by atoms with Crippen molar-refractivity contribution in [1.82, 2.24) is 5.32 Å². The zero-order valence-corrected chi connectivity index (χ0v) is 10.7. The topological polar surface area (TPSA) is 67.9 Å². The fourth-order valence-corrected chi connectivity index (χ4v) is 1.79. The number of anilines is 1. The smallest absolute Gasteiger partial charge is 0.414 e. The van der Waals surface area contributed by atoms with Gasteiger partial charge in [-0.2, -0.15) is 0 Å². The summed E-state index contributed by atoms with van der Waals surface area (Å²) in [6, 6.07) is 6.84. The number of hydrogen-bond donors (Lipinski definition) is 1. The number of benzene rings is 1. The summed E-state index contributed by atoms with van der Waals surface area (Å²) in [4.78, 5) is 24.7. The van der Waals surface area contributed by atoms with Gasteiger partial charge in [-0.1, -0.05) is 0 Å². The number of hydrogen-bond acceptors (Lipinski definition) is 4. The molecule has 102 valence electrons. The molecule has 1 saturated heterocycles. The average molecular weight is 264 g/mol. The number of nitrogens with zero attached hydrogens (tertiary/aromatic N) is 1. The number of nitrogens with one attached hydrogen (secondary N) is 1. The third-order valence-corrected chi connectivity index (χ3v) is 2.79. The lowest BCUT2D eigenvalue weighted by molar-refractivity contribution is 0.0937. The highest BCUT2D eigenvalue weighted by atomic mass is 16.6. The lowest BCUT2D eigenvalue weighted by Crippen LogP contribution is -2.27. The van der Waals surface area contributed by atoms with Gasteiger partial charge in [0.25, 0.3) is 5.91 Å². The fraction of sp³-hybridized carbons (Fsp3) is 0.385. The van der Waals surface area contributed by atoms with E-state index in [0.29, 0.717) is 31.9 Å². The van der Waals surface area contributed by atoms with E-state index in [2.05, 4.69) is 5.32 Å². The Morgan fingerprint density at radius 2 is 2.16 bits per heavy atom. The summed E-state index contributed by atoms with van der Waals surface area (Å²) >= 11 is 0. The molecule has 2 amide bonds. The third-order valence-electron chi connectivity index (χ3n) is 2.79. The zero-order valence-electron chi connectivity index (χ0n) is 10.7. The maximum Gasteiger partial charge on any atom is 0.414 e. The van der Waals surface area contributed by atoms with Crippen molar-refractivity contribution in [2.75, 3.05) is 38.3 Å². The van der Waals surface area contributed by atoms with Crippen LogP contribution in [0, 0.1) is 0 Å². The highest BCUT2D eigenvalue weighted by Crippen LogP contribution is 2.19. The Hall–Kier alpha value is -2.08. The molecule has 1 aromatic carbocycles. The van der Waals surface area contributed by atoms with Crippen LogP contribution in [0.4, 0.5) is 10.5 Å². The van der Waals surface area contributed by atoms with E-state index in [1.165, 1.54) is 4.90 Å². The van der Waals surface area contributed by atoms with Crippen molar-refractivity contribution in [3.63, 3.8) is 0 Å². The molecule has 1 aliphatic heterocycles. The maximum atomic E-state index is 11.7. The molecule has 0 unspecified atom stereocenters. The molecule has 1 fully saturated rings. The van der Waals surface area contributed by atoms with Gasteiger partial charge in [0.1, 0.15) is 6.61 Å². The summed E-state index contributed by atoms with van der Waals surface area (Å²) in [6.07, 6.45) is -0.350. The van der Waals surface area contributed by atoms with Gasteiger partial charge in [0.2, 0.25) is 0 Å². The van der Waals surface area contributed by atoms with Crippen LogP contribution in [0.2, 0.25) is 0 Å². The van der Waals surface area contributed by atoms with Crippen LogP contribution in [0.15, 0.2) is 24.3 Å². The van der Waals surface area contributed by atoms with E-state index < -0.39 is 0 Å². The van der Waals surface area contributed by atoms with E-state index in [1.807, 2.05) is 0 Å². The summed E-state index contributed by atoms with van der Waals surface area (Å²) in [7, 11) is 1.58. The molecule has 0 radical (unpaired) electrons. The predicted molar refractivity (Wildman–Crippen MR) is 69.3 cm³/mol. The van der Waals surface area contributed by atoms with Crippen LogP contribution >= 0.6 is 0 Å². The average Bonchev–Trinajstić information content (AvgIpc) is 2.85. The summed E-state index contributed by atoms with van der Waals surface area (Å²) < 4.78 is 9.71. The van der Waals surface area contributed by atoms with E-state index in [9.17, 15) is 9.59 Å². The van der Waals surface area contributed by atoms with Crippen molar-refractivity contribution < 1.29 is 19.1 Å². The maximum absolute atomic E-state index is 11.7. The molecular weight excluding hydrogens is 248 g/mol. The molecule has 1 N–H and O–H groups in total. The van der Waals surface area contributed by atoms with Gasteiger partial charge in [-0.25, -0.2) is 4.79 Å². The van der Waals surface area contributed by atoms with Crippen molar-refractivity contribution in [2.45, 2.75) is 0 Å². The van der Waals surface area contributed by atoms with Gasteiger partial charge in [-0.3, -0.25) is 9.69 Å². The molecule has 0 saturated carbocycles. The van der Waals surface area contributed by atoms with Crippen molar-refractivity contribution in [1.29, 1.82) is 0 Å². The van der Waals surface area contributed by atoms with Crippen molar-refractivity contribution in [3.8, 4) is 0 Å². The summed E-state index contributed by atoms with van der Waals surface area (Å²) in [5, 5.41) is 2.73. The minimum Gasteiger partial charge on any atom is -0.447 e. The number of rotatable bonds is 5. The van der Waals surface area contributed by atoms with Crippen LogP contribution < -0.4 is 10.2 Å². The molecule has 0 spiro atoms. The van der Waals surface area contributed by atoms with E-state index in [4.69, 9.17) is 9.47 Å². The minimum atomic E-state index is -0.350. The quantitative estimate of drug-likeness (QED) is 0.806. The molecule has 0 aromatic heterocycles. The van der Waals surface area contributed by atoms with Gasteiger partial charge in [0, 0.05) is 24.9 Å². The Bertz CT molecular complexity index is 458. The molecule has 6 nitrogen and oxygen atoms in total. The molecule has 2 rings (SSSR count). The molecule has 1 aromatic rings. The van der Waals surface area contributed by atoms with Crippen LogP contribution in [-0.4, -0.2) is 45.4 Å². The van der Waals surface area contributed by atoms with Gasteiger partial charge < -0.3 is 14.8 Å². The Labute approximate surface area is 111 Å². The molecule has 0 aliphatic carbocycles. The number of methoxy groups -OCH3 is 1. The first-order valence-corrected chi connectivity index (χ1v) is 6.04. The zero-order chi connectivity index (χ0) is 13.7. The van der Waals surface area contributed by atoms with Crippen molar-refractivity contribution in [3.05, 3.63) is 29.8 Å². The van der Waals surface area contributed by atoms with Crippen LogP contribution in [0.1, 0.15) is 10.4 Å². The lowest BCUT2D eigenvalue weighted by Gasteiger charge is -2.13. The summed E-state index contributed by atoms with van der Waals surface area (Å²) in [5.74, 6) is -0.160. The van der Waals surface area contributed by atoms with Crippen molar-refractivity contribution >= 4 is 17.7 Å². The number of carbonyl (C=O) groups is 2. The van der Waals surface area contributed by atoms with Gasteiger partial charge in [-0.15, -0.1) is 0 Å². The number of ether oxygens (including phenoxy) is 2. The second kappa shape index (κ2) is 6.19. The molecule has 1 aliphatic rings. The first kappa shape index (κ1) is 13.4. The highest BCUT2D eigenvalue weighted by Gasteiger charge is 2.23. The molecule has 0 atom stereocenters. The monoisotopic (exact) mass is 264 g/mol. The van der Waals surface area contributed by atoms with Gasteiger partial charge in [0.15, 0.2) is 0 Å². The largest absolute Gasteiger partial charge is 0.447 e. The molecule has 0 bridgehead atoms. The molecule has 19 heavy (non-hydrogen) atoms. The minimum absolute atomic E-state index is 0.160. The van der Waals surface area contributed by atoms with Crippen LogP contribution in [0.3, 0.4) is 0 Å². The first-order chi connectivity index (χ1) is 9.22. The van der Waals surface area contributed by atoms with Crippen LogP contribution in [0.5, 0.6) is 0 Å². The molecular formula is C13H16N2O4. The fourth-order valence-electron chi connectivity index (χ4n) is 1.79. The summed E-state index contributed by atoms with van der Waals surface area (Å²) in [6.45, 7) is 1.88. The predicted octanol–water partition coefficient (Wildman–Crippen LogP) is 1.02. The number of cyclic esters (lactones) is 1. The van der Waals surface area contributed by atoms with Crippen LogP contribution in [0.25, 0.3) is 0 Å². The lowest BCUT2D eigenvalue weighted by atomic mass is 10.2. The van der Waals surface area contributed by atoms with Crippen LogP contribution in [-0.2, 0) is 9.47 Å². The Morgan fingerprint density at radius 3 is 2.74 bits per heavy atom. The SMILES string of the molecule is COCCNC(=O)c1ccc(N2CCOC2=O)cc1.